The van der Waals surface area contributed by atoms with Crippen LogP contribution in [-0.4, -0.2) is 34.5 Å². The van der Waals surface area contributed by atoms with Crippen LogP contribution < -0.4 is 14.8 Å². The zero-order valence-electron chi connectivity index (χ0n) is 15.3. The van der Waals surface area contributed by atoms with Gasteiger partial charge in [-0.2, -0.15) is 0 Å². The number of fused-ring (bicyclic) bond motifs is 1. The van der Waals surface area contributed by atoms with Gasteiger partial charge in [-0.25, -0.2) is 13.1 Å². The van der Waals surface area contributed by atoms with Crippen LogP contribution in [0.2, 0.25) is 0 Å². The Hall–Kier alpha value is -2.38. The molecule has 0 saturated heterocycles. The summed E-state index contributed by atoms with van der Waals surface area (Å²) in [6.07, 6.45) is 2.81. The van der Waals surface area contributed by atoms with Crippen LogP contribution in [0.1, 0.15) is 29.9 Å². The van der Waals surface area contributed by atoms with Crippen LogP contribution in [0.25, 0.3) is 0 Å². The summed E-state index contributed by atoms with van der Waals surface area (Å²) in [4.78, 5) is 12.7. The van der Waals surface area contributed by atoms with Crippen LogP contribution >= 0.6 is 0 Å². The van der Waals surface area contributed by atoms with Crippen molar-refractivity contribution in [2.45, 2.75) is 30.1 Å². The van der Waals surface area contributed by atoms with E-state index in [9.17, 15) is 13.2 Å². The van der Waals surface area contributed by atoms with E-state index >= 15 is 0 Å². The third kappa shape index (κ3) is 4.67. The number of hydrogen-bond donors (Lipinski definition) is 2. The van der Waals surface area contributed by atoms with Gasteiger partial charge in [-0.3, -0.25) is 4.79 Å². The Morgan fingerprint density at radius 3 is 2.59 bits per heavy atom. The van der Waals surface area contributed by atoms with E-state index in [-0.39, 0.29) is 29.8 Å². The van der Waals surface area contributed by atoms with Crippen molar-refractivity contribution in [3.8, 4) is 5.75 Å². The van der Waals surface area contributed by atoms with Crippen LogP contribution in [0.15, 0.2) is 53.4 Å². The Morgan fingerprint density at radius 2 is 1.85 bits per heavy atom. The van der Waals surface area contributed by atoms with Crippen LogP contribution in [0.3, 0.4) is 0 Å². The second-order valence-electron chi connectivity index (χ2n) is 6.51. The second-order valence-corrected chi connectivity index (χ2v) is 8.27. The van der Waals surface area contributed by atoms with Crippen molar-refractivity contribution in [2.24, 2.45) is 0 Å². The molecule has 1 aliphatic rings. The number of rotatable bonds is 7. The van der Waals surface area contributed by atoms with E-state index in [0.29, 0.717) is 5.75 Å². The number of amides is 1. The lowest BCUT2D eigenvalue weighted by molar-refractivity contribution is -0.122. The Bertz CT molecular complexity index is 894. The van der Waals surface area contributed by atoms with Gasteiger partial charge in [-0.05, 0) is 54.7 Å². The van der Waals surface area contributed by atoms with Gasteiger partial charge in [-0.15, -0.1) is 0 Å². The molecular formula is C20H24N2O4S. The molecule has 2 aromatic carbocycles. The topological polar surface area (TPSA) is 84.5 Å². The van der Waals surface area contributed by atoms with Gasteiger partial charge < -0.3 is 10.1 Å². The minimum Gasteiger partial charge on any atom is -0.497 e. The third-order valence-electron chi connectivity index (χ3n) is 4.77. The standard InChI is InChI=1S/C20H24N2O4S/c1-26-16-9-11-17(12-10-16)27(24,25)22-14-13-21-20(23)19-8-4-6-15-5-2-3-7-18(15)19/h2-3,5,7,9-12,19,22H,4,6,8,13-14H2,1H3,(H,21,23). The maximum absolute atomic E-state index is 12.5. The number of benzene rings is 2. The number of carbonyl (C=O) groups is 1. The lowest BCUT2D eigenvalue weighted by Crippen LogP contribution is -2.37. The maximum Gasteiger partial charge on any atom is 0.240 e. The van der Waals surface area contributed by atoms with Gasteiger partial charge in [0.15, 0.2) is 0 Å². The Labute approximate surface area is 160 Å². The van der Waals surface area contributed by atoms with E-state index in [2.05, 4.69) is 16.1 Å². The van der Waals surface area contributed by atoms with E-state index in [0.717, 1.165) is 24.8 Å². The van der Waals surface area contributed by atoms with Gasteiger partial charge >= 0.3 is 0 Å². The molecule has 0 heterocycles. The molecule has 0 spiro atoms. The predicted octanol–water partition coefficient (Wildman–Crippen LogP) is 2.21. The molecule has 3 rings (SSSR count). The summed E-state index contributed by atoms with van der Waals surface area (Å²) in [5.41, 5.74) is 2.31. The minimum atomic E-state index is -3.61. The van der Waals surface area contributed by atoms with Gasteiger partial charge in [0.1, 0.15) is 5.75 Å². The summed E-state index contributed by atoms with van der Waals surface area (Å²) >= 11 is 0. The van der Waals surface area contributed by atoms with Crippen molar-refractivity contribution < 1.29 is 17.9 Å². The van der Waals surface area contributed by atoms with E-state index < -0.39 is 10.0 Å². The van der Waals surface area contributed by atoms with Crippen LogP contribution in [0, 0.1) is 0 Å². The van der Waals surface area contributed by atoms with Crippen LogP contribution in [-0.2, 0) is 21.2 Å². The largest absolute Gasteiger partial charge is 0.497 e. The van der Waals surface area contributed by atoms with E-state index in [1.165, 1.54) is 24.8 Å². The molecule has 7 heteroatoms. The van der Waals surface area contributed by atoms with Gasteiger partial charge in [0.25, 0.3) is 0 Å². The molecule has 0 bridgehead atoms. The highest BCUT2D eigenvalue weighted by Crippen LogP contribution is 2.31. The number of ether oxygens (including phenoxy) is 1. The van der Waals surface area contributed by atoms with Crippen molar-refractivity contribution >= 4 is 15.9 Å². The average Bonchev–Trinajstić information content (AvgIpc) is 2.70. The first-order valence-corrected chi connectivity index (χ1v) is 10.5. The first kappa shape index (κ1) is 19.4. The maximum atomic E-state index is 12.5. The lowest BCUT2D eigenvalue weighted by atomic mass is 9.82. The first-order valence-electron chi connectivity index (χ1n) is 9.00. The summed E-state index contributed by atoms with van der Waals surface area (Å²) in [5, 5.41) is 2.85. The number of methoxy groups -OCH3 is 1. The molecule has 1 atom stereocenters. The van der Waals surface area contributed by atoms with Gasteiger partial charge in [0.05, 0.1) is 17.9 Å². The van der Waals surface area contributed by atoms with Gasteiger partial charge in [-0.1, -0.05) is 24.3 Å². The quantitative estimate of drug-likeness (QED) is 0.713. The van der Waals surface area contributed by atoms with Crippen molar-refractivity contribution in [1.29, 1.82) is 0 Å². The molecule has 0 aliphatic heterocycles. The number of nitrogens with one attached hydrogen (secondary N) is 2. The Balaban J connectivity index is 1.52. The molecule has 0 aromatic heterocycles. The zero-order chi connectivity index (χ0) is 19.3. The molecule has 144 valence electrons. The molecule has 1 unspecified atom stereocenters. The van der Waals surface area contributed by atoms with Crippen molar-refractivity contribution in [2.75, 3.05) is 20.2 Å². The fourth-order valence-electron chi connectivity index (χ4n) is 3.36. The van der Waals surface area contributed by atoms with Gasteiger partial charge in [0.2, 0.25) is 15.9 Å². The summed E-state index contributed by atoms with van der Waals surface area (Å²) in [6.45, 7) is 0.376. The Morgan fingerprint density at radius 1 is 1.11 bits per heavy atom. The molecule has 0 radical (unpaired) electrons. The monoisotopic (exact) mass is 388 g/mol. The molecule has 27 heavy (non-hydrogen) atoms. The molecule has 0 saturated carbocycles. The van der Waals surface area contributed by atoms with Crippen molar-refractivity contribution in [3.63, 3.8) is 0 Å². The van der Waals surface area contributed by atoms with Crippen LogP contribution in [0.4, 0.5) is 0 Å². The molecular weight excluding hydrogens is 364 g/mol. The zero-order valence-corrected chi connectivity index (χ0v) is 16.1. The molecule has 1 aliphatic carbocycles. The minimum absolute atomic E-state index is 0.0502. The molecule has 6 nitrogen and oxygen atoms in total. The highest BCUT2D eigenvalue weighted by molar-refractivity contribution is 7.89. The number of aryl methyl sites for hydroxylation is 1. The SMILES string of the molecule is COc1ccc(S(=O)(=O)NCCNC(=O)C2CCCc3ccccc32)cc1. The van der Waals surface area contributed by atoms with E-state index in [1.807, 2.05) is 18.2 Å². The lowest BCUT2D eigenvalue weighted by Gasteiger charge is -2.24. The first-order chi connectivity index (χ1) is 13.0. The highest BCUT2D eigenvalue weighted by atomic mass is 32.2. The van der Waals surface area contributed by atoms with E-state index in [4.69, 9.17) is 4.74 Å². The second kappa shape index (κ2) is 8.54. The third-order valence-corrected chi connectivity index (χ3v) is 6.25. The Kier molecular flexibility index (Phi) is 6.13. The molecule has 2 aromatic rings. The fourth-order valence-corrected chi connectivity index (χ4v) is 4.39. The normalized spacial score (nSPS) is 16.4. The highest BCUT2D eigenvalue weighted by Gasteiger charge is 2.25. The van der Waals surface area contributed by atoms with Crippen molar-refractivity contribution in [3.05, 3.63) is 59.7 Å². The number of carbonyl (C=O) groups excluding carboxylic acids is 1. The molecule has 1 amide bonds. The van der Waals surface area contributed by atoms with E-state index in [1.54, 1.807) is 12.1 Å². The fraction of sp³-hybridized carbons (Fsp3) is 0.350. The summed E-state index contributed by atoms with van der Waals surface area (Å²) in [6, 6.07) is 14.2. The van der Waals surface area contributed by atoms with Crippen LogP contribution in [0.5, 0.6) is 5.75 Å². The van der Waals surface area contributed by atoms with Crippen molar-refractivity contribution in [1.82, 2.24) is 10.0 Å². The molecule has 0 fully saturated rings. The number of sulfonamides is 1. The predicted molar refractivity (Wildman–Crippen MR) is 103 cm³/mol. The average molecular weight is 388 g/mol. The van der Waals surface area contributed by atoms with Gasteiger partial charge in [0, 0.05) is 13.1 Å². The summed E-state index contributed by atoms with van der Waals surface area (Å²) in [7, 11) is -2.09. The molecule has 2 N–H and O–H groups in total. The number of hydrogen-bond acceptors (Lipinski definition) is 4. The smallest absolute Gasteiger partial charge is 0.240 e. The summed E-state index contributed by atoms with van der Waals surface area (Å²) in [5.74, 6) is 0.382. The summed E-state index contributed by atoms with van der Waals surface area (Å²) < 4.78 is 32.1.